The average molecular weight is 623 g/mol. The molecule has 1 atom stereocenters. The average Bonchev–Trinajstić information content (AvgIpc) is 3.33. The summed E-state index contributed by atoms with van der Waals surface area (Å²) in [6.45, 7) is 5.04. The third-order valence-corrected chi connectivity index (χ3v) is 8.48. The molecule has 6 rings (SSSR count). The van der Waals surface area contributed by atoms with Gasteiger partial charge in [0.15, 0.2) is 0 Å². The molecule has 0 radical (unpaired) electrons. The van der Waals surface area contributed by atoms with Crippen molar-refractivity contribution in [3.05, 3.63) is 82.5 Å². The molecule has 3 N–H and O–H groups in total. The van der Waals surface area contributed by atoms with Crippen LogP contribution in [0.15, 0.2) is 54.6 Å². The fourth-order valence-corrected chi connectivity index (χ4v) is 5.90. The number of hydrogen-bond donors (Lipinski definition) is 3. The molecule has 10 nitrogen and oxygen atoms in total. The van der Waals surface area contributed by atoms with Gasteiger partial charge >= 0.3 is 6.09 Å². The van der Waals surface area contributed by atoms with Gasteiger partial charge in [0.2, 0.25) is 5.88 Å². The number of amides is 1. The summed E-state index contributed by atoms with van der Waals surface area (Å²) in [7, 11) is 0. The number of carboxylic acid groups (broad SMARTS) is 1. The quantitative estimate of drug-likeness (QED) is 0.174. The number of pyridine rings is 1. The van der Waals surface area contributed by atoms with Gasteiger partial charge in [-0.25, -0.2) is 19.2 Å². The Kier molecular flexibility index (Phi) is 9.44. The van der Waals surface area contributed by atoms with Gasteiger partial charge in [0.05, 0.1) is 30.2 Å². The summed E-state index contributed by atoms with van der Waals surface area (Å²) < 4.78 is 28.0. The normalized spacial score (nSPS) is 17.4. The lowest BCUT2D eigenvalue weighted by Crippen LogP contribution is -2.35. The van der Waals surface area contributed by atoms with Crippen molar-refractivity contribution < 1.29 is 23.8 Å². The Morgan fingerprint density at radius 1 is 1.09 bits per heavy atom. The van der Waals surface area contributed by atoms with Crippen molar-refractivity contribution in [3.8, 4) is 5.88 Å². The molecule has 12 heteroatoms. The number of hydrogen-bond acceptors (Lipinski definition) is 7. The SMILES string of the molecule is O=C(O)NCCNc1ccc2c(c1)nc(CN1CCC(c3cccc(OCc4ccc(Cl)cc4F)n3)CC1)n2CC1CCO1. The molecule has 232 valence electrons. The molecule has 0 bridgehead atoms. The van der Waals surface area contributed by atoms with Crippen LogP contribution < -0.4 is 15.4 Å². The van der Waals surface area contributed by atoms with E-state index in [2.05, 4.69) is 26.2 Å². The van der Waals surface area contributed by atoms with Crippen LogP contribution in [0.1, 0.15) is 42.3 Å². The Bertz CT molecular complexity index is 1610. The van der Waals surface area contributed by atoms with Gasteiger partial charge in [-0.05, 0) is 68.8 Å². The van der Waals surface area contributed by atoms with Gasteiger partial charge in [-0.3, -0.25) is 4.90 Å². The minimum atomic E-state index is -1.03. The van der Waals surface area contributed by atoms with Gasteiger partial charge in [0, 0.05) is 53.6 Å². The van der Waals surface area contributed by atoms with E-state index in [0.29, 0.717) is 35.5 Å². The molecule has 2 saturated heterocycles. The summed E-state index contributed by atoms with van der Waals surface area (Å²) in [5.41, 5.74) is 4.31. The first kappa shape index (κ1) is 30.1. The standard InChI is InChI=1S/C32H36ClFN6O4/c33-23-5-4-22(26(34)16-23)20-44-31-3-1-2-27(38-31)21-8-13-39(14-9-21)19-30-37-28-17-24(35-11-12-36-32(41)42)6-7-29(28)40(30)18-25-10-15-43-25/h1-7,16-17,21,25,35-36H,8-15,18-20H2,(H,41,42). The predicted molar refractivity (Wildman–Crippen MR) is 166 cm³/mol. The summed E-state index contributed by atoms with van der Waals surface area (Å²) in [6.07, 6.45) is 2.15. The zero-order valence-electron chi connectivity index (χ0n) is 24.3. The number of likely N-dealkylation sites (tertiary alicyclic amines) is 1. The maximum Gasteiger partial charge on any atom is 0.404 e. The number of piperidine rings is 1. The van der Waals surface area contributed by atoms with Crippen LogP contribution in [-0.4, -0.2) is 69.5 Å². The van der Waals surface area contributed by atoms with Crippen LogP contribution in [0.25, 0.3) is 11.0 Å². The Morgan fingerprint density at radius 2 is 1.93 bits per heavy atom. The highest BCUT2D eigenvalue weighted by Gasteiger charge is 2.26. The summed E-state index contributed by atoms with van der Waals surface area (Å²) >= 11 is 5.86. The van der Waals surface area contributed by atoms with Crippen molar-refractivity contribution in [3.63, 3.8) is 0 Å². The zero-order chi connectivity index (χ0) is 30.5. The van der Waals surface area contributed by atoms with Crippen LogP contribution in [0, 0.1) is 5.82 Å². The Labute approximate surface area is 260 Å². The minimum absolute atomic E-state index is 0.0876. The number of nitrogens with zero attached hydrogens (tertiary/aromatic N) is 4. The Morgan fingerprint density at radius 3 is 2.68 bits per heavy atom. The first-order valence-corrected chi connectivity index (χ1v) is 15.4. The lowest BCUT2D eigenvalue weighted by atomic mass is 9.93. The fraction of sp³-hybridized carbons (Fsp3) is 0.406. The monoisotopic (exact) mass is 622 g/mol. The van der Waals surface area contributed by atoms with Crippen LogP contribution in [-0.2, 0) is 24.4 Å². The fourth-order valence-electron chi connectivity index (χ4n) is 5.74. The van der Waals surface area contributed by atoms with E-state index in [9.17, 15) is 9.18 Å². The highest BCUT2D eigenvalue weighted by Crippen LogP contribution is 2.30. The number of halogens is 2. The van der Waals surface area contributed by atoms with Crippen molar-refractivity contribution in [1.29, 1.82) is 0 Å². The largest absolute Gasteiger partial charge is 0.473 e. The number of carbonyl (C=O) groups is 1. The maximum absolute atomic E-state index is 14.2. The molecular weight excluding hydrogens is 587 g/mol. The second-order valence-corrected chi connectivity index (χ2v) is 11.7. The second kappa shape index (κ2) is 13.8. The summed E-state index contributed by atoms with van der Waals surface area (Å²) in [6, 6.07) is 16.5. The van der Waals surface area contributed by atoms with E-state index < -0.39 is 11.9 Å². The van der Waals surface area contributed by atoms with Crippen LogP contribution in [0.4, 0.5) is 14.9 Å². The van der Waals surface area contributed by atoms with E-state index in [1.165, 1.54) is 6.07 Å². The molecule has 2 fully saturated rings. The highest BCUT2D eigenvalue weighted by atomic mass is 35.5. The number of ether oxygens (including phenoxy) is 2. The van der Waals surface area contributed by atoms with E-state index in [1.54, 1.807) is 18.2 Å². The zero-order valence-corrected chi connectivity index (χ0v) is 25.1. The summed E-state index contributed by atoms with van der Waals surface area (Å²) in [4.78, 5) is 22.9. The smallest absolute Gasteiger partial charge is 0.404 e. The molecule has 0 saturated carbocycles. The predicted octanol–water partition coefficient (Wildman–Crippen LogP) is 5.65. The molecular formula is C32H36ClFN6O4. The van der Waals surface area contributed by atoms with Gasteiger partial charge in [0.25, 0.3) is 0 Å². The first-order chi connectivity index (χ1) is 21.4. The van der Waals surface area contributed by atoms with Crippen molar-refractivity contribution in [2.24, 2.45) is 0 Å². The third-order valence-electron chi connectivity index (χ3n) is 8.24. The Balaban J connectivity index is 1.08. The van der Waals surface area contributed by atoms with E-state index in [4.69, 9.17) is 36.1 Å². The van der Waals surface area contributed by atoms with Gasteiger partial charge < -0.3 is 29.8 Å². The molecule has 0 aliphatic carbocycles. The van der Waals surface area contributed by atoms with Crippen LogP contribution >= 0.6 is 11.6 Å². The van der Waals surface area contributed by atoms with Gasteiger partial charge in [-0.15, -0.1) is 0 Å². The molecule has 1 unspecified atom stereocenters. The van der Waals surface area contributed by atoms with Crippen LogP contribution in [0.2, 0.25) is 5.02 Å². The number of rotatable bonds is 12. The number of aromatic nitrogens is 3. The van der Waals surface area contributed by atoms with E-state index >= 15 is 0 Å². The highest BCUT2D eigenvalue weighted by molar-refractivity contribution is 6.30. The van der Waals surface area contributed by atoms with Crippen molar-refractivity contribution in [2.75, 3.05) is 38.1 Å². The molecule has 4 aromatic rings. The Hall–Kier alpha value is -3.93. The lowest BCUT2D eigenvalue weighted by molar-refractivity contribution is -0.0592. The molecule has 2 aliphatic heterocycles. The van der Waals surface area contributed by atoms with Crippen LogP contribution in [0.3, 0.4) is 0 Å². The number of nitrogens with one attached hydrogen (secondary N) is 2. The van der Waals surface area contributed by atoms with Gasteiger partial charge in [-0.2, -0.15) is 0 Å². The van der Waals surface area contributed by atoms with Crippen molar-refractivity contribution >= 4 is 34.4 Å². The number of imidazole rings is 1. The minimum Gasteiger partial charge on any atom is -0.473 e. The summed E-state index contributed by atoms with van der Waals surface area (Å²) in [5, 5.41) is 14.8. The first-order valence-electron chi connectivity index (χ1n) is 15.0. The van der Waals surface area contributed by atoms with Crippen LogP contribution in [0.5, 0.6) is 5.88 Å². The molecule has 0 spiro atoms. The number of fused-ring (bicyclic) bond motifs is 1. The topological polar surface area (TPSA) is 114 Å². The van der Waals surface area contributed by atoms with Gasteiger partial charge in [-0.1, -0.05) is 23.7 Å². The number of benzene rings is 2. The van der Waals surface area contributed by atoms with Crippen molar-refractivity contribution in [1.82, 2.24) is 24.8 Å². The van der Waals surface area contributed by atoms with E-state index in [1.807, 2.05) is 24.3 Å². The molecule has 2 aromatic carbocycles. The second-order valence-electron chi connectivity index (χ2n) is 11.3. The van der Waals surface area contributed by atoms with Crippen molar-refractivity contribution in [2.45, 2.75) is 51.0 Å². The lowest BCUT2D eigenvalue weighted by Gasteiger charge is -2.32. The van der Waals surface area contributed by atoms with Gasteiger partial charge in [0.1, 0.15) is 18.2 Å². The molecule has 44 heavy (non-hydrogen) atoms. The molecule has 2 aromatic heterocycles. The summed E-state index contributed by atoms with van der Waals surface area (Å²) in [5.74, 6) is 1.42. The van der Waals surface area contributed by atoms with E-state index in [-0.39, 0.29) is 12.7 Å². The third kappa shape index (κ3) is 7.40. The van der Waals surface area contributed by atoms with E-state index in [0.717, 1.165) is 80.3 Å². The maximum atomic E-state index is 14.2. The molecule has 4 heterocycles. The molecule has 1 amide bonds. The number of anilines is 1. The molecule has 2 aliphatic rings.